The van der Waals surface area contributed by atoms with Crippen molar-refractivity contribution in [1.29, 1.82) is 5.26 Å². The van der Waals surface area contributed by atoms with E-state index in [1.54, 1.807) is 0 Å². The first-order valence-corrected chi connectivity index (χ1v) is 9.35. The molecule has 0 spiro atoms. The summed E-state index contributed by atoms with van der Waals surface area (Å²) in [6.07, 6.45) is 5.81. The molecule has 14 heavy (non-hydrogen) atoms. The first-order chi connectivity index (χ1) is 6.51. The number of rotatable bonds is 3. The summed E-state index contributed by atoms with van der Waals surface area (Å²) in [6.45, 7) is 7.17. The first-order valence-electron chi connectivity index (χ1n) is 5.64. The van der Waals surface area contributed by atoms with E-state index in [4.69, 9.17) is 5.26 Å². The van der Waals surface area contributed by atoms with Crippen LogP contribution in [-0.4, -0.2) is 20.3 Å². The fourth-order valence-electron chi connectivity index (χ4n) is 1.88. The van der Waals surface area contributed by atoms with Gasteiger partial charge in [-0.3, -0.25) is 0 Å². The van der Waals surface area contributed by atoms with Gasteiger partial charge in [-0.1, -0.05) is 19.6 Å². The number of nitrogens with zero attached hydrogens (tertiary/aromatic N) is 1. The third-order valence-corrected chi connectivity index (χ3v) is 4.10. The van der Waals surface area contributed by atoms with Crippen molar-refractivity contribution >= 4 is 8.07 Å². The largest absolute Gasteiger partial charge is 0.317 e. The maximum Gasteiger partial charge on any atom is 0.0655 e. The Morgan fingerprint density at radius 1 is 1.21 bits per heavy atom. The molecule has 0 aliphatic heterocycles. The van der Waals surface area contributed by atoms with E-state index in [9.17, 15) is 0 Å². The molecule has 1 rings (SSSR count). The maximum atomic E-state index is 8.77. The Morgan fingerprint density at radius 3 is 2.21 bits per heavy atom. The summed E-state index contributed by atoms with van der Waals surface area (Å²) in [6, 6.07) is 3.06. The number of nitrogens with one attached hydrogen (secondary N) is 1. The van der Waals surface area contributed by atoms with Crippen LogP contribution in [0.25, 0.3) is 0 Å². The van der Waals surface area contributed by atoms with Crippen LogP contribution in [0.3, 0.4) is 0 Å². The molecule has 80 valence electrons. The van der Waals surface area contributed by atoms with Crippen LogP contribution < -0.4 is 5.32 Å². The molecule has 0 radical (unpaired) electrons. The Balaban J connectivity index is 2.20. The quantitative estimate of drug-likeness (QED) is 0.727. The lowest BCUT2D eigenvalue weighted by Gasteiger charge is -2.28. The van der Waals surface area contributed by atoms with E-state index in [2.05, 4.69) is 31.0 Å². The van der Waals surface area contributed by atoms with E-state index in [0.717, 1.165) is 12.8 Å². The van der Waals surface area contributed by atoms with Gasteiger partial charge in [-0.05, 0) is 31.9 Å². The zero-order chi connectivity index (χ0) is 10.6. The molecule has 0 bridgehead atoms. The van der Waals surface area contributed by atoms with Gasteiger partial charge in [0.05, 0.1) is 14.1 Å². The normalized spacial score (nSPS) is 28.4. The lowest BCUT2D eigenvalue weighted by atomic mass is 9.87. The molecule has 1 saturated carbocycles. The molecule has 0 atom stereocenters. The average Bonchev–Trinajstić information content (AvgIpc) is 2.14. The van der Waals surface area contributed by atoms with E-state index in [1.807, 2.05) is 0 Å². The van der Waals surface area contributed by atoms with Crippen LogP contribution in [0.2, 0.25) is 19.6 Å². The minimum atomic E-state index is -0.943. The van der Waals surface area contributed by atoms with Crippen molar-refractivity contribution in [1.82, 2.24) is 5.32 Å². The van der Waals surface area contributed by atoms with E-state index >= 15 is 0 Å². The highest BCUT2D eigenvalue weighted by molar-refractivity contribution is 6.76. The summed E-state index contributed by atoms with van der Waals surface area (Å²) in [5.41, 5.74) is 0. The zero-order valence-corrected chi connectivity index (χ0v) is 10.6. The van der Waals surface area contributed by atoms with Gasteiger partial charge in [-0.2, -0.15) is 5.26 Å². The molecule has 0 saturated heterocycles. The molecule has 0 unspecified atom stereocenters. The molecule has 0 aromatic rings. The Morgan fingerprint density at radius 2 is 1.79 bits per heavy atom. The minimum absolute atomic E-state index is 0.333. The number of hydrogen-bond acceptors (Lipinski definition) is 2. The average molecular weight is 210 g/mol. The highest BCUT2D eigenvalue weighted by Gasteiger charge is 2.22. The van der Waals surface area contributed by atoms with Crippen molar-refractivity contribution in [2.45, 2.75) is 51.4 Å². The van der Waals surface area contributed by atoms with Crippen LogP contribution in [0.1, 0.15) is 25.7 Å². The smallest absolute Gasteiger partial charge is 0.0655 e. The molecule has 0 aromatic carbocycles. The molecular formula is C11H22N2Si. The van der Waals surface area contributed by atoms with Gasteiger partial charge in [0, 0.05) is 12.0 Å². The Labute approximate surface area is 88.7 Å². The lowest BCUT2D eigenvalue weighted by Crippen LogP contribution is -2.43. The summed E-state index contributed by atoms with van der Waals surface area (Å²) in [7, 11) is -0.943. The predicted octanol–water partition coefficient (Wildman–Crippen LogP) is 2.54. The summed E-state index contributed by atoms with van der Waals surface area (Å²) < 4.78 is 0. The molecular weight excluding hydrogens is 188 g/mol. The molecule has 0 heterocycles. The Hall–Kier alpha value is -0.333. The van der Waals surface area contributed by atoms with Gasteiger partial charge in [0.15, 0.2) is 0 Å². The van der Waals surface area contributed by atoms with Gasteiger partial charge in [0.25, 0.3) is 0 Å². The topological polar surface area (TPSA) is 35.8 Å². The van der Waals surface area contributed by atoms with Crippen molar-refractivity contribution < 1.29 is 0 Å². The first kappa shape index (κ1) is 11.7. The standard InChI is InChI=1S/C11H22N2Si/c1-14(2,3)9-13-11-6-4-10(8-12)5-7-11/h10-11,13H,4-7,9H2,1-3H3. The van der Waals surface area contributed by atoms with Gasteiger partial charge < -0.3 is 5.32 Å². The van der Waals surface area contributed by atoms with E-state index in [-0.39, 0.29) is 0 Å². The van der Waals surface area contributed by atoms with Crippen molar-refractivity contribution in [2.75, 3.05) is 6.17 Å². The van der Waals surface area contributed by atoms with Crippen LogP contribution in [0.15, 0.2) is 0 Å². The van der Waals surface area contributed by atoms with Crippen molar-refractivity contribution in [3.8, 4) is 6.07 Å². The van der Waals surface area contributed by atoms with Gasteiger partial charge in [-0.15, -0.1) is 0 Å². The highest BCUT2D eigenvalue weighted by atomic mass is 28.3. The Bertz CT molecular complexity index is 206. The Kier molecular flexibility index (Phi) is 4.15. The number of hydrogen-bond donors (Lipinski definition) is 1. The molecule has 0 amide bonds. The molecule has 1 fully saturated rings. The van der Waals surface area contributed by atoms with E-state index in [0.29, 0.717) is 12.0 Å². The van der Waals surface area contributed by atoms with Gasteiger partial charge >= 0.3 is 0 Å². The maximum absolute atomic E-state index is 8.77. The van der Waals surface area contributed by atoms with E-state index < -0.39 is 8.07 Å². The summed E-state index contributed by atoms with van der Waals surface area (Å²) in [5, 5.41) is 12.4. The zero-order valence-electron chi connectivity index (χ0n) is 9.64. The molecule has 1 aliphatic rings. The van der Waals surface area contributed by atoms with Crippen molar-refractivity contribution in [2.24, 2.45) is 5.92 Å². The third-order valence-electron chi connectivity index (χ3n) is 2.83. The summed E-state index contributed by atoms with van der Waals surface area (Å²) in [4.78, 5) is 0. The second-order valence-corrected chi connectivity index (χ2v) is 11.1. The molecule has 3 heteroatoms. The second-order valence-electron chi connectivity index (χ2n) is 5.62. The highest BCUT2D eigenvalue weighted by Crippen LogP contribution is 2.23. The van der Waals surface area contributed by atoms with Gasteiger partial charge in [0.2, 0.25) is 0 Å². The van der Waals surface area contributed by atoms with Gasteiger partial charge in [0.1, 0.15) is 0 Å². The van der Waals surface area contributed by atoms with Crippen LogP contribution in [0, 0.1) is 17.2 Å². The fourth-order valence-corrected chi connectivity index (χ4v) is 2.78. The fraction of sp³-hybridized carbons (Fsp3) is 0.909. The third kappa shape index (κ3) is 4.25. The molecule has 2 nitrogen and oxygen atoms in total. The van der Waals surface area contributed by atoms with Gasteiger partial charge in [-0.25, -0.2) is 0 Å². The summed E-state index contributed by atoms with van der Waals surface area (Å²) >= 11 is 0. The van der Waals surface area contributed by atoms with Crippen LogP contribution in [0.4, 0.5) is 0 Å². The minimum Gasteiger partial charge on any atom is -0.317 e. The van der Waals surface area contributed by atoms with Crippen LogP contribution in [-0.2, 0) is 0 Å². The molecule has 1 aliphatic carbocycles. The van der Waals surface area contributed by atoms with Crippen LogP contribution in [0.5, 0.6) is 0 Å². The summed E-state index contributed by atoms with van der Waals surface area (Å²) in [5.74, 6) is 0.333. The lowest BCUT2D eigenvalue weighted by molar-refractivity contribution is 0.342. The van der Waals surface area contributed by atoms with Crippen LogP contribution >= 0.6 is 0 Å². The monoisotopic (exact) mass is 210 g/mol. The van der Waals surface area contributed by atoms with E-state index in [1.165, 1.54) is 19.0 Å². The van der Waals surface area contributed by atoms with Crippen molar-refractivity contribution in [3.05, 3.63) is 0 Å². The number of nitriles is 1. The molecule has 0 aromatic heterocycles. The molecule has 1 N–H and O–H groups in total. The second kappa shape index (κ2) is 4.95. The predicted molar refractivity (Wildman–Crippen MR) is 62.7 cm³/mol. The SMILES string of the molecule is C[Si](C)(C)CNC1CCC(C#N)CC1. The van der Waals surface area contributed by atoms with Crippen molar-refractivity contribution in [3.63, 3.8) is 0 Å².